The van der Waals surface area contributed by atoms with Crippen LogP contribution in [0.25, 0.3) is 11.8 Å². The molecule has 31 heavy (non-hydrogen) atoms. The van der Waals surface area contributed by atoms with Crippen LogP contribution in [0.3, 0.4) is 0 Å². The molecule has 0 aliphatic rings. The minimum absolute atomic E-state index is 0.0681. The molecular weight excluding hydrogens is 414 g/mol. The van der Waals surface area contributed by atoms with Crippen molar-refractivity contribution in [2.45, 2.75) is 13.8 Å². The molecule has 1 aromatic heterocycles. The first-order valence-corrected chi connectivity index (χ1v) is 9.79. The molecule has 0 atom stereocenters. The quantitative estimate of drug-likeness (QED) is 0.345. The number of nitrogens with one attached hydrogen (secondary N) is 1. The van der Waals surface area contributed by atoms with E-state index in [2.05, 4.69) is 5.32 Å². The van der Waals surface area contributed by atoms with Crippen molar-refractivity contribution < 1.29 is 14.3 Å². The van der Waals surface area contributed by atoms with Gasteiger partial charge in [-0.1, -0.05) is 35.9 Å². The molecule has 6 nitrogen and oxygen atoms in total. The van der Waals surface area contributed by atoms with Crippen molar-refractivity contribution in [3.05, 3.63) is 87.7 Å². The van der Waals surface area contributed by atoms with Crippen LogP contribution in [-0.2, 0) is 9.53 Å². The Kier molecular flexibility index (Phi) is 6.58. The van der Waals surface area contributed by atoms with E-state index in [-0.39, 0.29) is 5.57 Å². The molecule has 2 aromatic carbocycles. The van der Waals surface area contributed by atoms with Crippen LogP contribution >= 0.6 is 11.6 Å². The van der Waals surface area contributed by atoms with Crippen molar-refractivity contribution in [2.24, 2.45) is 0 Å². The number of amides is 1. The molecule has 0 bridgehead atoms. The van der Waals surface area contributed by atoms with Gasteiger partial charge >= 0.3 is 5.97 Å². The van der Waals surface area contributed by atoms with Crippen molar-refractivity contribution in [2.75, 3.05) is 12.4 Å². The molecule has 3 aromatic rings. The van der Waals surface area contributed by atoms with Gasteiger partial charge in [-0.2, -0.15) is 5.26 Å². The van der Waals surface area contributed by atoms with Crippen molar-refractivity contribution in [3.63, 3.8) is 0 Å². The molecular formula is C24H20ClN3O3. The van der Waals surface area contributed by atoms with E-state index in [0.717, 1.165) is 11.4 Å². The highest BCUT2D eigenvalue weighted by Gasteiger charge is 2.18. The largest absolute Gasteiger partial charge is 0.465 e. The predicted molar refractivity (Wildman–Crippen MR) is 120 cm³/mol. The van der Waals surface area contributed by atoms with Crippen LogP contribution in [0, 0.1) is 25.2 Å². The molecule has 0 saturated carbocycles. The summed E-state index contributed by atoms with van der Waals surface area (Å²) in [7, 11) is 1.33. The second-order valence-electron chi connectivity index (χ2n) is 6.77. The van der Waals surface area contributed by atoms with E-state index >= 15 is 0 Å². The highest BCUT2D eigenvalue weighted by Crippen LogP contribution is 2.26. The second kappa shape index (κ2) is 9.33. The number of hydrogen-bond donors (Lipinski definition) is 1. The molecule has 0 fully saturated rings. The SMILES string of the molecule is COC(=O)c1ccccc1-n1c(C)cc(C=C(C#N)C(=O)Nc2ccccc2Cl)c1C. The number of carbonyl (C=O) groups excluding carboxylic acids is 2. The Morgan fingerprint density at radius 2 is 1.81 bits per heavy atom. The van der Waals surface area contributed by atoms with Gasteiger partial charge < -0.3 is 14.6 Å². The first-order valence-electron chi connectivity index (χ1n) is 9.41. The van der Waals surface area contributed by atoms with Gasteiger partial charge in [-0.15, -0.1) is 0 Å². The minimum atomic E-state index is -0.560. The number of rotatable bonds is 5. The monoisotopic (exact) mass is 433 g/mol. The molecule has 0 spiro atoms. The van der Waals surface area contributed by atoms with Gasteiger partial charge in [0.25, 0.3) is 5.91 Å². The Morgan fingerprint density at radius 3 is 2.48 bits per heavy atom. The fourth-order valence-corrected chi connectivity index (χ4v) is 3.49. The smallest absolute Gasteiger partial charge is 0.339 e. The number of hydrogen-bond acceptors (Lipinski definition) is 4. The summed E-state index contributed by atoms with van der Waals surface area (Å²) in [4.78, 5) is 24.8. The zero-order valence-electron chi connectivity index (χ0n) is 17.3. The summed E-state index contributed by atoms with van der Waals surface area (Å²) in [5.41, 5.74) is 3.72. The lowest BCUT2D eigenvalue weighted by Crippen LogP contribution is -2.13. The molecule has 7 heteroatoms. The highest BCUT2D eigenvalue weighted by molar-refractivity contribution is 6.34. The fraction of sp³-hybridized carbons (Fsp3) is 0.125. The number of carbonyl (C=O) groups is 2. The molecule has 1 N–H and O–H groups in total. The van der Waals surface area contributed by atoms with Crippen molar-refractivity contribution >= 4 is 35.2 Å². The maximum absolute atomic E-state index is 12.6. The number of aromatic nitrogens is 1. The Balaban J connectivity index is 2.01. The molecule has 0 saturated heterocycles. The molecule has 1 heterocycles. The van der Waals surface area contributed by atoms with Crippen LogP contribution < -0.4 is 5.32 Å². The number of para-hydroxylation sites is 2. The van der Waals surface area contributed by atoms with Gasteiger partial charge in [-0.3, -0.25) is 4.79 Å². The van der Waals surface area contributed by atoms with Crippen LogP contribution in [-0.4, -0.2) is 23.6 Å². The molecule has 156 valence electrons. The lowest BCUT2D eigenvalue weighted by Gasteiger charge is -2.13. The van der Waals surface area contributed by atoms with E-state index in [1.54, 1.807) is 36.4 Å². The number of aryl methyl sites for hydroxylation is 1. The van der Waals surface area contributed by atoms with Crippen LogP contribution in [0.2, 0.25) is 5.02 Å². The normalized spacial score (nSPS) is 11.0. The Bertz CT molecular complexity index is 1240. The number of methoxy groups -OCH3 is 1. The number of nitrogens with zero attached hydrogens (tertiary/aromatic N) is 2. The molecule has 3 rings (SSSR count). The average Bonchev–Trinajstić information content (AvgIpc) is 3.05. The van der Waals surface area contributed by atoms with Gasteiger partial charge in [-0.25, -0.2) is 4.79 Å². The summed E-state index contributed by atoms with van der Waals surface area (Å²) in [5, 5.41) is 12.6. The third-order valence-corrected chi connectivity index (χ3v) is 5.14. The van der Waals surface area contributed by atoms with Crippen LogP contribution in [0.1, 0.15) is 27.3 Å². The number of benzene rings is 2. The van der Waals surface area contributed by atoms with Gasteiger partial charge in [0.05, 0.1) is 29.1 Å². The number of anilines is 1. The van der Waals surface area contributed by atoms with Crippen molar-refractivity contribution in [1.82, 2.24) is 4.57 Å². The number of esters is 1. The van der Waals surface area contributed by atoms with Crippen LogP contribution in [0.5, 0.6) is 0 Å². The first-order chi connectivity index (χ1) is 14.9. The Labute approximate surface area is 185 Å². The second-order valence-corrected chi connectivity index (χ2v) is 7.18. The van der Waals surface area contributed by atoms with E-state index in [4.69, 9.17) is 16.3 Å². The molecule has 0 aliphatic heterocycles. The minimum Gasteiger partial charge on any atom is -0.465 e. The number of ether oxygens (including phenoxy) is 1. The lowest BCUT2D eigenvalue weighted by atomic mass is 10.1. The van der Waals surface area contributed by atoms with Crippen LogP contribution in [0.4, 0.5) is 5.69 Å². The topological polar surface area (TPSA) is 84.1 Å². The zero-order valence-corrected chi connectivity index (χ0v) is 18.0. The summed E-state index contributed by atoms with van der Waals surface area (Å²) in [6, 6.07) is 17.7. The van der Waals surface area contributed by atoms with E-state index in [0.29, 0.717) is 27.5 Å². The van der Waals surface area contributed by atoms with E-state index in [1.807, 2.05) is 42.7 Å². The Morgan fingerprint density at radius 1 is 1.13 bits per heavy atom. The van der Waals surface area contributed by atoms with E-state index in [1.165, 1.54) is 13.2 Å². The molecule has 0 unspecified atom stereocenters. The summed E-state index contributed by atoms with van der Waals surface area (Å²) in [6.07, 6.45) is 1.52. The Hall–Kier alpha value is -3.82. The fourth-order valence-electron chi connectivity index (χ4n) is 3.31. The van der Waals surface area contributed by atoms with Gasteiger partial charge in [0.2, 0.25) is 0 Å². The third kappa shape index (κ3) is 4.52. The number of nitriles is 1. The maximum atomic E-state index is 12.6. The number of halogens is 1. The maximum Gasteiger partial charge on any atom is 0.339 e. The van der Waals surface area contributed by atoms with E-state index in [9.17, 15) is 14.9 Å². The summed E-state index contributed by atoms with van der Waals surface area (Å²) < 4.78 is 6.78. The molecule has 0 radical (unpaired) electrons. The van der Waals surface area contributed by atoms with Crippen molar-refractivity contribution in [3.8, 4) is 11.8 Å². The zero-order chi connectivity index (χ0) is 22.5. The lowest BCUT2D eigenvalue weighted by molar-refractivity contribution is -0.112. The van der Waals surface area contributed by atoms with Crippen LogP contribution in [0.15, 0.2) is 60.2 Å². The third-order valence-electron chi connectivity index (χ3n) is 4.81. The summed E-state index contributed by atoms with van der Waals surface area (Å²) in [6.45, 7) is 3.74. The predicted octanol–water partition coefficient (Wildman–Crippen LogP) is 5.08. The first kappa shape index (κ1) is 21.9. The van der Waals surface area contributed by atoms with Crippen molar-refractivity contribution in [1.29, 1.82) is 5.26 Å². The average molecular weight is 434 g/mol. The van der Waals surface area contributed by atoms with Gasteiger partial charge in [0.1, 0.15) is 11.6 Å². The van der Waals surface area contributed by atoms with Gasteiger partial charge in [-0.05, 0) is 55.8 Å². The summed E-state index contributed by atoms with van der Waals surface area (Å²) in [5.74, 6) is -1.01. The standard InChI is InChI=1S/C24H20ClN3O3/c1-15-12-17(13-18(14-26)23(29)27-21-10-6-5-9-20(21)25)16(2)28(15)22-11-7-4-8-19(22)24(30)31-3/h4-13H,1-3H3,(H,27,29). The van der Waals surface area contributed by atoms with Gasteiger partial charge in [0.15, 0.2) is 0 Å². The summed E-state index contributed by atoms with van der Waals surface area (Å²) >= 11 is 6.09. The molecule has 0 aliphatic carbocycles. The molecule has 1 amide bonds. The van der Waals surface area contributed by atoms with E-state index < -0.39 is 11.9 Å². The van der Waals surface area contributed by atoms with Gasteiger partial charge in [0, 0.05) is 11.4 Å². The highest BCUT2D eigenvalue weighted by atomic mass is 35.5.